The third kappa shape index (κ3) is 2.25. The molecule has 1 N–H and O–H groups in total. The maximum Gasteiger partial charge on any atom is 0.142 e. The van der Waals surface area contributed by atoms with Crippen molar-refractivity contribution in [2.75, 3.05) is 6.54 Å². The average Bonchev–Trinajstić information content (AvgIpc) is 2.80. The van der Waals surface area contributed by atoms with E-state index in [9.17, 15) is 4.39 Å². The third-order valence-electron chi connectivity index (χ3n) is 2.22. The number of rotatable bonds is 4. The van der Waals surface area contributed by atoms with Crippen LogP contribution in [-0.4, -0.2) is 21.1 Å². The maximum absolute atomic E-state index is 13.1. The van der Waals surface area contributed by atoms with Crippen LogP contribution < -0.4 is 5.32 Å². The van der Waals surface area contributed by atoms with Gasteiger partial charge < -0.3 is 5.32 Å². The molecule has 0 unspecified atom stereocenters. The molecule has 0 aliphatic heterocycles. The lowest BCUT2D eigenvalue weighted by atomic mass is 10.2. The average molecular weight is 220 g/mol. The summed E-state index contributed by atoms with van der Waals surface area (Å²) in [5.41, 5.74) is 0.819. The highest BCUT2D eigenvalue weighted by Gasteiger charge is 2.06. The zero-order chi connectivity index (χ0) is 11.4. The first-order chi connectivity index (χ1) is 7.81. The van der Waals surface area contributed by atoms with Crippen LogP contribution >= 0.6 is 0 Å². The largest absolute Gasteiger partial charge is 0.313 e. The standard InChI is InChI=1S/C11H13FN4/c1-2-13-6-9-5-10(12)7-15-11(9)16-4-3-14-8-16/h3-5,7-8,13H,2,6H2,1H3. The molecular weight excluding hydrogens is 207 g/mol. The van der Waals surface area contributed by atoms with Crippen LogP contribution in [0.15, 0.2) is 31.0 Å². The molecule has 2 heterocycles. The Bertz CT molecular complexity index is 453. The molecule has 2 rings (SSSR count). The summed E-state index contributed by atoms with van der Waals surface area (Å²) in [6.45, 7) is 3.43. The Morgan fingerprint density at radius 1 is 1.50 bits per heavy atom. The Morgan fingerprint density at radius 2 is 2.38 bits per heavy atom. The minimum absolute atomic E-state index is 0.322. The van der Waals surface area contributed by atoms with Gasteiger partial charge in [0.1, 0.15) is 18.0 Å². The Balaban J connectivity index is 2.36. The first-order valence-corrected chi connectivity index (χ1v) is 5.14. The summed E-state index contributed by atoms with van der Waals surface area (Å²) in [6.07, 6.45) is 6.32. The van der Waals surface area contributed by atoms with Crippen molar-refractivity contribution in [3.63, 3.8) is 0 Å². The topological polar surface area (TPSA) is 42.7 Å². The Morgan fingerprint density at radius 3 is 3.06 bits per heavy atom. The molecule has 16 heavy (non-hydrogen) atoms. The molecule has 0 amide bonds. The van der Waals surface area contributed by atoms with Gasteiger partial charge in [-0.1, -0.05) is 6.92 Å². The van der Waals surface area contributed by atoms with Gasteiger partial charge in [-0.05, 0) is 12.6 Å². The van der Waals surface area contributed by atoms with Gasteiger partial charge >= 0.3 is 0 Å². The van der Waals surface area contributed by atoms with Crippen LogP contribution in [0.3, 0.4) is 0 Å². The fourth-order valence-electron chi connectivity index (χ4n) is 1.48. The number of nitrogens with zero attached hydrogens (tertiary/aromatic N) is 3. The number of nitrogens with one attached hydrogen (secondary N) is 1. The summed E-state index contributed by atoms with van der Waals surface area (Å²) in [6, 6.07) is 1.49. The highest BCUT2D eigenvalue weighted by atomic mass is 19.1. The predicted molar refractivity (Wildman–Crippen MR) is 58.7 cm³/mol. The van der Waals surface area contributed by atoms with E-state index in [2.05, 4.69) is 15.3 Å². The van der Waals surface area contributed by atoms with Crippen LogP contribution in [-0.2, 0) is 6.54 Å². The molecule has 0 atom stereocenters. The van der Waals surface area contributed by atoms with Crippen LogP contribution in [0.1, 0.15) is 12.5 Å². The van der Waals surface area contributed by atoms with Crippen LogP contribution in [0, 0.1) is 5.82 Å². The molecule has 5 heteroatoms. The van der Waals surface area contributed by atoms with E-state index >= 15 is 0 Å². The Labute approximate surface area is 93.2 Å². The minimum atomic E-state index is -0.322. The number of aromatic nitrogens is 3. The van der Waals surface area contributed by atoms with Gasteiger partial charge in [-0.25, -0.2) is 14.4 Å². The molecule has 0 radical (unpaired) electrons. The number of pyridine rings is 1. The smallest absolute Gasteiger partial charge is 0.142 e. The fourth-order valence-corrected chi connectivity index (χ4v) is 1.48. The second-order valence-electron chi connectivity index (χ2n) is 3.39. The van der Waals surface area contributed by atoms with Crippen molar-refractivity contribution in [1.82, 2.24) is 19.9 Å². The number of imidazole rings is 1. The second-order valence-corrected chi connectivity index (χ2v) is 3.39. The van der Waals surface area contributed by atoms with E-state index < -0.39 is 0 Å². The molecule has 0 aliphatic carbocycles. The van der Waals surface area contributed by atoms with E-state index in [-0.39, 0.29) is 5.82 Å². The molecule has 0 fully saturated rings. The van der Waals surface area contributed by atoms with Gasteiger partial charge in [-0.15, -0.1) is 0 Å². The van der Waals surface area contributed by atoms with Gasteiger partial charge in [-0.2, -0.15) is 0 Å². The van der Waals surface area contributed by atoms with Gasteiger partial charge in [-0.3, -0.25) is 4.57 Å². The van der Waals surface area contributed by atoms with Crippen LogP contribution in [0.25, 0.3) is 5.82 Å². The van der Waals surface area contributed by atoms with Crippen molar-refractivity contribution >= 4 is 0 Å². The van der Waals surface area contributed by atoms with Gasteiger partial charge in [0.25, 0.3) is 0 Å². The monoisotopic (exact) mass is 220 g/mol. The number of halogens is 1. The van der Waals surface area contributed by atoms with E-state index in [1.165, 1.54) is 12.3 Å². The van der Waals surface area contributed by atoms with Crippen molar-refractivity contribution in [3.8, 4) is 5.82 Å². The van der Waals surface area contributed by atoms with Gasteiger partial charge in [0.15, 0.2) is 0 Å². The molecule has 84 valence electrons. The second kappa shape index (κ2) is 4.85. The quantitative estimate of drug-likeness (QED) is 0.849. The normalized spacial score (nSPS) is 10.6. The van der Waals surface area contributed by atoms with Gasteiger partial charge in [0.2, 0.25) is 0 Å². The van der Waals surface area contributed by atoms with Crippen molar-refractivity contribution in [3.05, 3.63) is 42.4 Å². The van der Waals surface area contributed by atoms with Crippen molar-refractivity contribution in [1.29, 1.82) is 0 Å². The van der Waals surface area contributed by atoms with Gasteiger partial charge in [0, 0.05) is 24.5 Å². The number of hydrogen-bond donors (Lipinski definition) is 1. The molecule has 4 nitrogen and oxygen atoms in total. The maximum atomic E-state index is 13.1. The predicted octanol–water partition coefficient (Wildman–Crippen LogP) is 1.52. The molecule has 0 saturated carbocycles. The van der Waals surface area contributed by atoms with Crippen LogP contribution in [0.2, 0.25) is 0 Å². The molecule has 2 aromatic heterocycles. The molecule has 0 aromatic carbocycles. The van der Waals surface area contributed by atoms with Crippen LogP contribution in [0.4, 0.5) is 4.39 Å². The van der Waals surface area contributed by atoms with Crippen molar-refractivity contribution in [2.24, 2.45) is 0 Å². The van der Waals surface area contributed by atoms with E-state index in [4.69, 9.17) is 0 Å². The Kier molecular flexibility index (Phi) is 3.26. The first-order valence-electron chi connectivity index (χ1n) is 5.14. The Hall–Kier alpha value is -1.75. The zero-order valence-electron chi connectivity index (χ0n) is 9.02. The van der Waals surface area contributed by atoms with Crippen molar-refractivity contribution in [2.45, 2.75) is 13.5 Å². The van der Waals surface area contributed by atoms with Gasteiger partial charge in [0.05, 0.1) is 6.20 Å². The molecule has 0 saturated heterocycles. The fraction of sp³-hybridized carbons (Fsp3) is 0.273. The lowest BCUT2D eigenvalue weighted by molar-refractivity contribution is 0.612. The zero-order valence-corrected chi connectivity index (χ0v) is 9.02. The molecular formula is C11H13FN4. The molecule has 0 spiro atoms. The number of hydrogen-bond acceptors (Lipinski definition) is 3. The third-order valence-corrected chi connectivity index (χ3v) is 2.22. The van der Waals surface area contributed by atoms with Crippen LogP contribution in [0.5, 0.6) is 0 Å². The van der Waals surface area contributed by atoms with Crippen molar-refractivity contribution < 1.29 is 4.39 Å². The molecule has 0 aliphatic rings. The molecule has 0 bridgehead atoms. The molecule has 2 aromatic rings. The minimum Gasteiger partial charge on any atom is -0.313 e. The highest BCUT2D eigenvalue weighted by molar-refractivity contribution is 5.33. The summed E-state index contributed by atoms with van der Waals surface area (Å²) in [5, 5.41) is 3.15. The first kappa shape index (κ1) is 10.8. The lowest BCUT2D eigenvalue weighted by Crippen LogP contribution is -2.14. The van der Waals surface area contributed by atoms with E-state index in [0.717, 1.165) is 12.1 Å². The summed E-state index contributed by atoms with van der Waals surface area (Å²) in [4.78, 5) is 8.03. The van der Waals surface area contributed by atoms with E-state index in [1.54, 1.807) is 23.3 Å². The lowest BCUT2D eigenvalue weighted by Gasteiger charge is -2.09. The summed E-state index contributed by atoms with van der Waals surface area (Å²) in [5.74, 6) is 0.386. The van der Waals surface area contributed by atoms with E-state index in [0.29, 0.717) is 12.4 Å². The SMILES string of the molecule is CCNCc1cc(F)cnc1-n1ccnc1. The summed E-state index contributed by atoms with van der Waals surface area (Å²) >= 11 is 0. The summed E-state index contributed by atoms with van der Waals surface area (Å²) < 4.78 is 14.9. The van der Waals surface area contributed by atoms with E-state index in [1.807, 2.05) is 6.92 Å². The highest BCUT2D eigenvalue weighted by Crippen LogP contribution is 2.12. The summed E-state index contributed by atoms with van der Waals surface area (Å²) in [7, 11) is 0.